The van der Waals surface area contributed by atoms with Crippen LogP contribution in [0.15, 0.2) is 65.7 Å². The van der Waals surface area contributed by atoms with E-state index in [0.29, 0.717) is 43.9 Å². The van der Waals surface area contributed by atoms with E-state index in [4.69, 9.17) is 5.73 Å². The number of rotatable bonds is 12. The van der Waals surface area contributed by atoms with Crippen molar-refractivity contribution >= 4 is 22.7 Å². The van der Waals surface area contributed by atoms with Crippen LogP contribution < -0.4 is 5.73 Å². The Labute approximate surface area is 320 Å². The Bertz CT molecular complexity index is 1800. The third kappa shape index (κ3) is 9.18. The molecule has 2 saturated heterocycles. The second kappa shape index (κ2) is 16.2. The highest BCUT2D eigenvalue weighted by molar-refractivity contribution is 5.83. The van der Waals surface area contributed by atoms with E-state index in [1.165, 1.54) is 6.42 Å². The normalized spacial score (nSPS) is 23.7. The quantitative estimate of drug-likeness (QED) is 0.181. The number of guanidine groups is 2. The molecule has 0 amide bonds. The largest absolute Gasteiger partial charge is 0.416 e. The van der Waals surface area contributed by atoms with Gasteiger partial charge in [0.25, 0.3) is 0 Å². The van der Waals surface area contributed by atoms with Crippen LogP contribution in [0.3, 0.4) is 0 Å². The van der Waals surface area contributed by atoms with Crippen molar-refractivity contribution in [3.05, 3.63) is 82.9 Å². The number of fused-ring (bicyclic) bond motifs is 1. The Morgan fingerprint density at radius 1 is 0.818 bits per heavy atom. The van der Waals surface area contributed by atoms with E-state index in [9.17, 15) is 31.8 Å². The van der Waals surface area contributed by atoms with E-state index in [0.717, 1.165) is 86.5 Å². The molecular formula is C42H53F6N7. The van der Waals surface area contributed by atoms with Gasteiger partial charge in [-0.05, 0) is 91.6 Å². The Balaban J connectivity index is 1.17. The summed E-state index contributed by atoms with van der Waals surface area (Å²) in [6.45, 7) is 5.99. The predicted molar refractivity (Wildman–Crippen MR) is 205 cm³/mol. The zero-order valence-electron chi connectivity index (χ0n) is 31.6. The zero-order valence-corrected chi connectivity index (χ0v) is 31.6. The second-order valence-electron chi connectivity index (χ2n) is 16.3. The first-order valence-corrected chi connectivity index (χ1v) is 19.9. The maximum absolute atomic E-state index is 13.8. The Kier molecular flexibility index (Phi) is 11.6. The smallest absolute Gasteiger partial charge is 0.370 e. The Morgan fingerprint density at radius 2 is 1.53 bits per heavy atom. The molecule has 3 aromatic rings. The van der Waals surface area contributed by atoms with Gasteiger partial charge in [-0.1, -0.05) is 74.6 Å². The minimum atomic E-state index is -4.91. The van der Waals surface area contributed by atoms with Crippen LogP contribution in [0.25, 0.3) is 10.8 Å². The standard InChI is InChI=1S/C42H53F6N7/c1-28-24-51-39(49)54(28)26-36-12-7-16-52(36)25-37(22-30-13-14-32-10-5-6-11-33(32)18-30)55-27-38(21-29-8-3-2-4-9-29)53(40(55)50)17-15-31-19-34(41(43,44)45)23-35(20-31)42(46,47)48/h5-6,10-11,13-14,18-20,23,28-29,36-38,50H,2-4,7-9,12,15-17,21-22,24-27H2,1H3,(H2,49,51)/t28-,36?,37+,38-/m0/s1. The predicted octanol–water partition coefficient (Wildman–Crippen LogP) is 8.41. The summed E-state index contributed by atoms with van der Waals surface area (Å²) in [7, 11) is 0. The summed E-state index contributed by atoms with van der Waals surface area (Å²) in [6, 6.07) is 16.9. The highest BCUT2D eigenvalue weighted by Gasteiger charge is 2.42. The van der Waals surface area contributed by atoms with Gasteiger partial charge in [-0.15, -0.1) is 0 Å². The molecule has 3 N–H and O–H groups in total. The molecule has 3 fully saturated rings. The van der Waals surface area contributed by atoms with Gasteiger partial charge in [-0.2, -0.15) is 26.3 Å². The number of alkyl halides is 6. The highest BCUT2D eigenvalue weighted by Crippen LogP contribution is 2.38. The SMILES string of the molecule is C[C@H]1CN=C(N)N1CC1CCCN1C[C@@H](Cc1ccc2ccccc2c1)N1C[C@H](CC2CCCCC2)N(CCc2cc(C(F)(F)F)cc(C(F)(F)F)c2)C1=N. The molecular weight excluding hydrogens is 716 g/mol. The van der Waals surface area contributed by atoms with Gasteiger partial charge in [0.1, 0.15) is 0 Å². The lowest BCUT2D eigenvalue weighted by molar-refractivity contribution is -0.143. The van der Waals surface area contributed by atoms with E-state index < -0.39 is 23.5 Å². The molecule has 55 heavy (non-hydrogen) atoms. The topological polar surface area (TPSA) is 75.2 Å². The molecule has 7 nitrogen and oxygen atoms in total. The van der Waals surface area contributed by atoms with Crippen LogP contribution in [0.4, 0.5) is 26.3 Å². The van der Waals surface area contributed by atoms with Gasteiger partial charge in [-0.3, -0.25) is 15.3 Å². The Hall–Kier alpha value is -4.00. The van der Waals surface area contributed by atoms with E-state index in [1.54, 1.807) is 0 Å². The van der Waals surface area contributed by atoms with Crippen LogP contribution in [0.5, 0.6) is 0 Å². The van der Waals surface area contributed by atoms with Gasteiger partial charge in [0.15, 0.2) is 11.9 Å². The minimum absolute atomic E-state index is 0.0311. The fourth-order valence-corrected chi connectivity index (χ4v) is 9.45. The van der Waals surface area contributed by atoms with Crippen LogP contribution in [0.2, 0.25) is 0 Å². The van der Waals surface area contributed by atoms with Crippen LogP contribution in [0, 0.1) is 11.3 Å². The van der Waals surface area contributed by atoms with Gasteiger partial charge in [-0.25, -0.2) is 0 Å². The van der Waals surface area contributed by atoms with E-state index in [2.05, 4.69) is 56.9 Å². The summed E-state index contributed by atoms with van der Waals surface area (Å²) in [5.74, 6) is 1.35. The molecule has 4 aliphatic rings. The lowest BCUT2D eigenvalue weighted by Gasteiger charge is -2.37. The molecule has 3 aliphatic heterocycles. The van der Waals surface area contributed by atoms with Gasteiger partial charge in [0.05, 0.1) is 17.7 Å². The van der Waals surface area contributed by atoms with E-state index in [1.807, 2.05) is 17.0 Å². The first-order valence-electron chi connectivity index (χ1n) is 19.9. The van der Waals surface area contributed by atoms with Crippen molar-refractivity contribution < 1.29 is 26.3 Å². The monoisotopic (exact) mass is 769 g/mol. The number of nitrogens with zero attached hydrogens (tertiary/aromatic N) is 5. The number of benzene rings is 3. The van der Waals surface area contributed by atoms with Crippen molar-refractivity contribution in [2.45, 2.75) is 108 Å². The number of halogens is 6. The van der Waals surface area contributed by atoms with Gasteiger partial charge < -0.3 is 20.4 Å². The lowest BCUT2D eigenvalue weighted by atomic mass is 9.84. The lowest BCUT2D eigenvalue weighted by Crippen LogP contribution is -2.52. The first kappa shape index (κ1) is 39.2. The Morgan fingerprint density at radius 3 is 2.20 bits per heavy atom. The summed E-state index contributed by atoms with van der Waals surface area (Å²) in [5.41, 5.74) is 4.82. The van der Waals surface area contributed by atoms with Crippen LogP contribution in [0.1, 0.15) is 80.5 Å². The highest BCUT2D eigenvalue weighted by atomic mass is 19.4. The number of aliphatic imine (C=N–C) groups is 1. The number of likely N-dealkylation sites (tertiary alicyclic amines) is 1. The van der Waals surface area contributed by atoms with Crippen LogP contribution >= 0.6 is 0 Å². The van der Waals surface area contributed by atoms with Gasteiger partial charge in [0, 0.05) is 50.3 Å². The maximum Gasteiger partial charge on any atom is 0.416 e. The molecule has 0 bridgehead atoms. The summed E-state index contributed by atoms with van der Waals surface area (Å²) < 4.78 is 82.7. The zero-order chi connectivity index (χ0) is 38.9. The van der Waals surface area contributed by atoms with Crippen molar-refractivity contribution in [2.24, 2.45) is 16.6 Å². The number of hydrogen-bond donors (Lipinski definition) is 2. The third-order valence-corrected chi connectivity index (χ3v) is 12.4. The van der Waals surface area contributed by atoms with Crippen LogP contribution in [-0.2, 0) is 25.2 Å². The molecule has 1 saturated carbocycles. The molecule has 298 valence electrons. The van der Waals surface area contributed by atoms with Crippen molar-refractivity contribution in [1.82, 2.24) is 19.6 Å². The molecule has 13 heteroatoms. The number of nitrogens with two attached hydrogens (primary N) is 1. The van der Waals surface area contributed by atoms with Gasteiger partial charge >= 0.3 is 12.4 Å². The molecule has 0 radical (unpaired) electrons. The minimum Gasteiger partial charge on any atom is -0.370 e. The van der Waals surface area contributed by atoms with E-state index >= 15 is 0 Å². The summed E-state index contributed by atoms with van der Waals surface area (Å²) in [5, 5.41) is 12.0. The fourth-order valence-electron chi connectivity index (χ4n) is 9.45. The summed E-state index contributed by atoms with van der Waals surface area (Å²) >= 11 is 0. The van der Waals surface area contributed by atoms with Crippen molar-refractivity contribution in [3.63, 3.8) is 0 Å². The van der Waals surface area contributed by atoms with Crippen LogP contribution in [-0.4, -0.2) is 95.0 Å². The first-order chi connectivity index (χ1) is 26.2. The van der Waals surface area contributed by atoms with E-state index in [-0.39, 0.29) is 48.8 Å². The average Bonchev–Trinajstić information content (AvgIpc) is 3.82. The molecule has 3 aromatic carbocycles. The van der Waals surface area contributed by atoms with Crippen molar-refractivity contribution in [2.75, 3.05) is 39.3 Å². The average molecular weight is 770 g/mol. The molecule has 0 spiro atoms. The summed E-state index contributed by atoms with van der Waals surface area (Å²) in [4.78, 5) is 13.3. The van der Waals surface area contributed by atoms with Gasteiger partial charge in [0.2, 0.25) is 0 Å². The van der Waals surface area contributed by atoms with Crippen molar-refractivity contribution in [3.8, 4) is 0 Å². The second-order valence-corrected chi connectivity index (χ2v) is 16.3. The molecule has 1 aliphatic carbocycles. The number of hydrogen-bond acceptors (Lipinski definition) is 5. The van der Waals surface area contributed by atoms with Crippen molar-refractivity contribution in [1.29, 1.82) is 5.41 Å². The number of nitrogens with one attached hydrogen (secondary N) is 1. The third-order valence-electron chi connectivity index (χ3n) is 12.4. The molecule has 3 heterocycles. The molecule has 1 unspecified atom stereocenters. The maximum atomic E-state index is 13.8. The molecule has 7 rings (SSSR count). The molecule has 0 aromatic heterocycles. The fraction of sp³-hybridized carbons (Fsp3) is 0.571. The molecule has 4 atom stereocenters. The summed E-state index contributed by atoms with van der Waals surface area (Å²) in [6.07, 6.45) is -0.563.